The summed E-state index contributed by atoms with van der Waals surface area (Å²) in [5.41, 5.74) is 3.17. The van der Waals surface area contributed by atoms with Crippen molar-refractivity contribution in [3.8, 4) is 11.4 Å². The Morgan fingerprint density at radius 2 is 1.75 bits per heavy atom. The number of hydrogen-bond donors (Lipinski definition) is 0. The van der Waals surface area contributed by atoms with Gasteiger partial charge >= 0.3 is 0 Å². The van der Waals surface area contributed by atoms with Gasteiger partial charge in [0.05, 0.1) is 16.4 Å². The second kappa shape index (κ2) is 8.64. The minimum absolute atomic E-state index is 0.145. The van der Waals surface area contributed by atoms with Crippen LogP contribution in [0.5, 0.6) is 5.75 Å². The van der Waals surface area contributed by atoms with Crippen LogP contribution in [-0.2, 0) is 6.61 Å². The minimum atomic E-state index is -0.145. The van der Waals surface area contributed by atoms with Crippen LogP contribution in [0, 0.1) is 5.41 Å². The molecule has 0 unspecified atom stereocenters. The number of rotatable bonds is 5. The highest BCUT2D eigenvalue weighted by Gasteiger charge is 2.44. The van der Waals surface area contributed by atoms with Gasteiger partial charge in [0.15, 0.2) is 0 Å². The maximum Gasteiger partial charge on any atom is 0.258 e. The van der Waals surface area contributed by atoms with Crippen LogP contribution in [0.3, 0.4) is 0 Å². The van der Waals surface area contributed by atoms with E-state index in [9.17, 15) is 4.79 Å². The summed E-state index contributed by atoms with van der Waals surface area (Å²) >= 11 is 6.65. The third-order valence-corrected chi connectivity index (χ3v) is 7.09. The lowest BCUT2D eigenvalue weighted by Crippen LogP contribution is -2.60. The Balaban J connectivity index is 1.26. The molecule has 1 spiro atoms. The number of benzene rings is 2. The average molecular weight is 450 g/mol. The number of anilines is 1. The van der Waals surface area contributed by atoms with Crippen LogP contribution in [0.25, 0.3) is 5.69 Å². The molecule has 1 aromatic heterocycles. The molecular formula is C26H28ClN3O2. The summed E-state index contributed by atoms with van der Waals surface area (Å²) in [4.78, 5) is 17.5. The summed E-state index contributed by atoms with van der Waals surface area (Å²) in [7, 11) is 2.20. The van der Waals surface area contributed by atoms with E-state index in [0.717, 1.165) is 30.0 Å². The Labute approximate surface area is 193 Å². The topological polar surface area (TPSA) is 37.7 Å². The minimum Gasteiger partial charge on any atom is -0.489 e. The van der Waals surface area contributed by atoms with Gasteiger partial charge in [-0.05, 0) is 62.8 Å². The molecule has 2 aliphatic rings. The molecule has 0 amide bonds. The van der Waals surface area contributed by atoms with E-state index in [-0.39, 0.29) is 5.56 Å². The summed E-state index contributed by atoms with van der Waals surface area (Å²) in [6, 6.07) is 19.1. The number of aromatic nitrogens is 1. The zero-order valence-corrected chi connectivity index (χ0v) is 19.1. The van der Waals surface area contributed by atoms with Gasteiger partial charge in [0.1, 0.15) is 12.4 Å². The molecule has 0 atom stereocenters. The van der Waals surface area contributed by atoms with E-state index in [4.69, 9.17) is 16.3 Å². The average Bonchev–Trinajstić information content (AvgIpc) is 2.78. The molecule has 0 N–H and O–H groups in total. The van der Waals surface area contributed by atoms with E-state index in [1.54, 1.807) is 10.8 Å². The smallest absolute Gasteiger partial charge is 0.258 e. The predicted molar refractivity (Wildman–Crippen MR) is 129 cm³/mol. The standard InChI is InChI=1S/C26H28ClN3O2/c1-28-13-10-26(11-14-28)18-29(19-26)24-8-7-21(15-23(24)27)30-12-9-22(16-25(30)31)32-17-20-5-3-2-4-6-20/h2-9,12,15-16H,10-11,13-14,17-19H2,1H3. The number of ether oxygens (including phenoxy) is 1. The van der Waals surface area contributed by atoms with Crippen molar-refractivity contribution in [1.82, 2.24) is 9.47 Å². The number of hydrogen-bond acceptors (Lipinski definition) is 4. The number of pyridine rings is 1. The lowest BCUT2D eigenvalue weighted by Gasteiger charge is -2.55. The Bertz CT molecular complexity index is 1150. The molecule has 2 aliphatic heterocycles. The van der Waals surface area contributed by atoms with E-state index in [1.807, 2.05) is 54.6 Å². The zero-order valence-electron chi connectivity index (χ0n) is 18.3. The Morgan fingerprint density at radius 3 is 2.44 bits per heavy atom. The van der Waals surface area contributed by atoms with Gasteiger partial charge in [-0.25, -0.2) is 0 Å². The molecule has 3 aromatic rings. The van der Waals surface area contributed by atoms with Crippen molar-refractivity contribution in [3.63, 3.8) is 0 Å². The van der Waals surface area contributed by atoms with E-state index in [0.29, 0.717) is 22.8 Å². The molecule has 0 aliphatic carbocycles. The van der Waals surface area contributed by atoms with Crippen molar-refractivity contribution in [2.75, 3.05) is 38.1 Å². The van der Waals surface area contributed by atoms with E-state index in [2.05, 4.69) is 16.8 Å². The van der Waals surface area contributed by atoms with Crippen molar-refractivity contribution in [1.29, 1.82) is 0 Å². The first-order chi connectivity index (χ1) is 15.5. The second-order valence-electron chi connectivity index (χ2n) is 9.14. The molecule has 2 saturated heterocycles. The fourth-order valence-corrected chi connectivity index (χ4v) is 5.04. The molecule has 0 saturated carbocycles. The highest BCUT2D eigenvalue weighted by atomic mass is 35.5. The Morgan fingerprint density at radius 1 is 1.00 bits per heavy atom. The zero-order chi connectivity index (χ0) is 22.1. The molecule has 32 heavy (non-hydrogen) atoms. The van der Waals surface area contributed by atoms with Gasteiger partial charge in [0.2, 0.25) is 0 Å². The van der Waals surface area contributed by atoms with Crippen LogP contribution in [0.15, 0.2) is 71.7 Å². The molecule has 5 rings (SSSR count). The second-order valence-corrected chi connectivity index (χ2v) is 9.55. The Kier molecular flexibility index (Phi) is 5.70. The van der Waals surface area contributed by atoms with Gasteiger partial charge in [-0.1, -0.05) is 41.9 Å². The Hall–Kier alpha value is -2.76. The lowest BCUT2D eigenvalue weighted by atomic mass is 9.72. The summed E-state index contributed by atoms with van der Waals surface area (Å²) in [6.07, 6.45) is 4.25. The van der Waals surface area contributed by atoms with Crippen LogP contribution in [0.2, 0.25) is 5.02 Å². The molecule has 0 bridgehead atoms. The molecule has 166 valence electrons. The van der Waals surface area contributed by atoms with Crippen LogP contribution < -0.4 is 15.2 Å². The highest BCUT2D eigenvalue weighted by molar-refractivity contribution is 6.33. The molecule has 3 heterocycles. The van der Waals surface area contributed by atoms with Crippen LogP contribution in [0.4, 0.5) is 5.69 Å². The van der Waals surface area contributed by atoms with Gasteiger partial charge in [0.25, 0.3) is 5.56 Å². The molecular weight excluding hydrogens is 422 g/mol. The van der Waals surface area contributed by atoms with Crippen LogP contribution in [0.1, 0.15) is 18.4 Å². The quantitative estimate of drug-likeness (QED) is 0.570. The molecule has 2 aromatic carbocycles. The van der Waals surface area contributed by atoms with E-state index < -0.39 is 0 Å². The number of halogens is 1. The summed E-state index contributed by atoms with van der Waals surface area (Å²) in [5, 5.41) is 0.682. The SMILES string of the molecule is CN1CCC2(CC1)CN(c1ccc(-n3ccc(OCc4ccccc4)cc3=O)cc1Cl)C2. The normalized spacial score (nSPS) is 17.9. The van der Waals surface area contributed by atoms with Crippen molar-refractivity contribution in [2.24, 2.45) is 5.41 Å². The fourth-order valence-electron chi connectivity index (χ4n) is 4.75. The summed E-state index contributed by atoms with van der Waals surface area (Å²) in [5.74, 6) is 0.557. The molecule has 2 fully saturated rings. The first kappa shape index (κ1) is 21.1. The highest BCUT2D eigenvalue weighted by Crippen LogP contribution is 2.44. The number of nitrogens with zero attached hydrogens (tertiary/aromatic N) is 3. The first-order valence-electron chi connectivity index (χ1n) is 11.1. The van der Waals surface area contributed by atoms with E-state index >= 15 is 0 Å². The molecule has 6 heteroatoms. The monoisotopic (exact) mass is 449 g/mol. The van der Waals surface area contributed by atoms with Gasteiger partial charge in [-0.2, -0.15) is 0 Å². The van der Waals surface area contributed by atoms with Crippen molar-refractivity contribution in [3.05, 3.63) is 87.8 Å². The van der Waals surface area contributed by atoms with Gasteiger partial charge in [0, 0.05) is 30.8 Å². The van der Waals surface area contributed by atoms with Gasteiger partial charge in [-0.3, -0.25) is 9.36 Å². The predicted octanol–water partition coefficient (Wildman–Crippen LogP) is 4.60. The number of piperidine rings is 1. The third kappa shape index (κ3) is 4.27. The van der Waals surface area contributed by atoms with Crippen LogP contribution >= 0.6 is 11.6 Å². The number of likely N-dealkylation sites (tertiary alicyclic amines) is 1. The lowest BCUT2D eigenvalue weighted by molar-refractivity contribution is 0.0906. The van der Waals surface area contributed by atoms with Crippen LogP contribution in [-0.4, -0.2) is 42.7 Å². The maximum absolute atomic E-state index is 12.7. The summed E-state index contributed by atoms with van der Waals surface area (Å²) in [6.45, 7) is 4.90. The molecule has 0 radical (unpaired) electrons. The summed E-state index contributed by atoms with van der Waals surface area (Å²) < 4.78 is 7.37. The van der Waals surface area contributed by atoms with Gasteiger partial charge in [-0.15, -0.1) is 0 Å². The first-order valence-corrected chi connectivity index (χ1v) is 11.5. The van der Waals surface area contributed by atoms with E-state index in [1.165, 1.54) is 32.0 Å². The third-order valence-electron chi connectivity index (χ3n) is 6.79. The van der Waals surface area contributed by atoms with Crippen molar-refractivity contribution >= 4 is 17.3 Å². The van der Waals surface area contributed by atoms with Gasteiger partial charge < -0.3 is 14.5 Å². The largest absolute Gasteiger partial charge is 0.489 e. The maximum atomic E-state index is 12.7. The fraction of sp³-hybridized carbons (Fsp3) is 0.346. The molecule has 5 nitrogen and oxygen atoms in total. The van der Waals surface area contributed by atoms with Crippen molar-refractivity contribution < 1.29 is 4.74 Å². The van der Waals surface area contributed by atoms with Crippen molar-refractivity contribution in [2.45, 2.75) is 19.4 Å².